The minimum atomic E-state index is 0.489. The average Bonchev–Trinajstić information content (AvgIpc) is 2.65. The average molecular weight is 202 g/mol. The van der Waals surface area contributed by atoms with Gasteiger partial charge in [0.05, 0.1) is 0 Å². The molecule has 1 heterocycles. The summed E-state index contributed by atoms with van der Waals surface area (Å²) >= 11 is 1.74. The molecule has 2 heteroatoms. The van der Waals surface area contributed by atoms with Crippen LogP contribution in [0.25, 0.3) is 16.2 Å². The van der Waals surface area contributed by atoms with Gasteiger partial charge in [-0.1, -0.05) is 24.3 Å². The number of allylic oxidation sites excluding steroid dienone is 1. The highest BCUT2D eigenvalue weighted by molar-refractivity contribution is 7.17. The second-order valence-corrected chi connectivity index (χ2v) is 3.97. The fourth-order valence-corrected chi connectivity index (χ4v) is 2.17. The van der Waals surface area contributed by atoms with Gasteiger partial charge in [0.15, 0.2) is 0 Å². The van der Waals surface area contributed by atoms with Crippen LogP contribution in [0.5, 0.6) is 0 Å². The topological polar surface area (TPSA) is 17.1 Å². The van der Waals surface area contributed by atoms with E-state index in [-0.39, 0.29) is 0 Å². The standard InChI is InChI=1S/C12H10OS/c13-7-2-1-3-10-4-5-11-6-8-14-12(11)9-10/h1,3-9H,2H2. The molecule has 2 rings (SSSR count). The van der Waals surface area contributed by atoms with E-state index in [2.05, 4.69) is 29.6 Å². The lowest BCUT2D eigenvalue weighted by molar-refractivity contribution is -0.107. The molecule has 0 spiro atoms. The Bertz CT molecular complexity index is 468. The van der Waals surface area contributed by atoms with Crippen LogP contribution in [0.4, 0.5) is 0 Å². The molecule has 0 radical (unpaired) electrons. The summed E-state index contributed by atoms with van der Waals surface area (Å²) in [5.74, 6) is 0. The normalized spacial score (nSPS) is 11.1. The first-order valence-corrected chi connectivity index (χ1v) is 5.35. The van der Waals surface area contributed by atoms with Gasteiger partial charge in [0.1, 0.15) is 6.29 Å². The summed E-state index contributed by atoms with van der Waals surface area (Å²) in [5, 5.41) is 3.37. The zero-order valence-corrected chi connectivity index (χ0v) is 8.46. The van der Waals surface area contributed by atoms with Crippen molar-refractivity contribution in [2.45, 2.75) is 6.42 Å². The lowest BCUT2D eigenvalue weighted by atomic mass is 10.1. The Morgan fingerprint density at radius 3 is 3.07 bits per heavy atom. The molecule has 1 nitrogen and oxygen atoms in total. The number of carbonyl (C=O) groups excluding carboxylic acids is 1. The van der Waals surface area contributed by atoms with Gasteiger partial charge in [-0.3, -0.25) is 0 Å². The minimum Gasteiger partial charge on any atom is -0.303 e. The number of carbonyl (C=O) groups is 1. The van der Waals surface area contributed by atoms with Gasteiger partial charge in [0.2, 0.25) is 0 Å². The summed E-state index contributed by atoms with van der Waals surface area (Å²) in [5.41, 5.74) is 1.15. The second kappa shape index (κ2) is 4.20. The van der Waals surface area contributed by atoms with E-state index < -0.39 is 0 Å². The third-order valence-corrected chi connectivity index (χ3v) is 2.90. The van der Waals surface area contributed by atoms with Crippen LogP contribution < -0.4 is 0 Å². The van der Waals surface area contributed by atoms with E-state index in [9.17, 15) is 4.79 Å². The highest BCUT2D eigenvalue weighted by atomic mass is 32.1. The van der Waals surface area contributed by atoms with E-state index in [1.165, 1.54) is 10.1 Å². The van der Waals surface area contributed by atoms with Crippen LogP contribution in [0.1, 0.15) is 12.0 Å². The molecule has 0 bridgehead atoms. The highest BCUT2D eigenvalue weighted by Gasteiger charge is 1.94. The molecule has 0 saturated heterocycles. The number of hydrogen-bond donors (Lipinski definition) is 0. The van der Waals surface area contributed by atoms with Crippen LogP contribution in [0.3, 0.4) is 0 Å². The van der Waals surface area contributed by atoms with Crippen molar-refractivity contribution in [3.8, 4) is 0 Å². The summed E-state index contributed by atoms with van der Waals surface area (Å²) in [6.07, 6.45) is 5.25. The quantitative estimate of drug-likeness (QED) is 0.696. The maximum absolute atomic E-state index is 10.1. The molecule has 0 aliphatic carbocycles. The number of thiophene rings is 1. The Labute approximate surface area is 86.7 Å². The fourth-order valence-electron chi connectivity index (χ4n) is 1.33. The predicted octanol–water partition coefficient (Wildman–Crippen LogP) is 3.50. The third-order valence-electron chi connectivity index (χ3n) is 2.02. The second-order valence-electron chi connectivity index (χ2n) is 3.02. The van der Waals surface area contributed by atoms with E-state index in [4.69, 9.17) is 0 Å². The van der Waals surface area contributed by atoms with Gasteiger partial charge in [-0.25, -0.2) is 0 Å². The maximum atomic E-state index is 10.1. The minimum absolute atomic E-state index is 0.489. The smallest absolute Gasteiger partial charge is 0.123 e. The van der Waals surface area contributed by atoms with E-state index in [0.29, 0.717) is 6.42 Å². The van der Waals surface area contributed by atoms with Crippen molar-refractivity contribution < 1.29 is 4.79 Å². The molecular weight excluding hydrogens is 192 g/mol. The maximum Gasteiger partial charge on any atom is 0.123 e. The first-order valence-electron chi connectivity index (χ1n) is 4.47. The molecule has 0 N–H and O–H groups in total. The molecule has 0 aliphatic rings. The highest BCUT2D eigenvalue weighted by Crippen LogP contribution is 2.22. The van der Waals surface area contributed by atoms with Crippen molar-refractivity contribution in [2.24, 2.45) is 0 Å². The first-order chi connectivity index (χ1) is 6.90. The molecule has 14 heavy (non-hydrogen) atoms. The fraction of sp³-hybridized carbons (Fsp3) is 0.0833. The third kappa shape index (κ3) is 1.91. The van der Waals surface area contributed by atoms with E-state index in [0.717, 1.165) is 11.8 Å². The van der Waals surface area contributed by atoms with Gasteiger partial charge >= 0.3 is 0 Å². The van der Waals surface area contributed by atoms with Crippen LogP contribution in [0.15, 0.2) is 35.7 Å². The molecule has 1 aromatic carbocycles. The molecule has 0 atom stereocenters. The SMILES string of the molecule is O=CCC=Cc1ccc2ccsc2c1. The van der Waals surface area contributed by atoms with Crippen molar-refractivity contribution in [2.75, 3.05) is 0 Å². The van der Waals surface area contributed by atoms with E-state index in [1.807, 2.05) is 12.2 Å². The van der Waals surface area contributed by atoms with E-state index >= 15 is 0 Å². The summed E-state index contributed by atoms with van der Waals surface area (Å²) in [4.78, 5) is 10.1. The summed E-state index contributed by atoms with van der Waals surface area (Å²) in [6.45, 7) is 0. The predicted molar refractivity (Wildman–Crippen MR) is 61.5 cm³/mol. The number of aldehydes is 1. The number of hydrogen-bond acceptors (Lipinski definition) is 2. The Morgan fingerprint density at radius 2 is 2.21 bits per heavy atom. The molecule has 70 valence electrons. The van der Waals surface area contributed by atoms with Crippen LogP contribution in [-0.2, 0) is 4.79 Å². The van der Waals surface area contributed by atoms with Crippen LogP contribution in [0.2, 0.25) is 0 Å². The monoisotopic (exact) mass is 202 g/mol. The van der Waals surface area contributed by atoms with Gasteiger partial charge in [0.25, 0.3) is 0 Å². The molecule has 0 fully saturated rings. The van der Waals surface area contributed by atoms with Crippen molar-refractivity contribution in [3.05, 3.63) is 41.3 Å². The van der Waals surface area contributed by atoms with Crippen LogP contribution >= 0.6 is 11.3 Å². The Balaban J connectivity index is 2.29. The Hall–Kier alpha value is -1.41. The molecule has 0 aliphatic heterocycles. The molecule has 0 saturated carbocycles. The Morgan fingerprint density at radius 1 is 1.29 bits per heavy atom. The molecule has 0 unspecified atom stereocenters. The Kier molecular flexibility index (Phi) is 2.75. The van der Waals surface area contributed by atoms with Crippen LogP contribution in [0, 0.1) is 0 Å². The molecule has 2 aromatic rings. The summed E-state index contributed by atoms with van der Waals surface area (Å²) in [6, 6.07) is 8.42. The van der Waals surface area contributed by atoms with Crippen molar-refractivity contribution >= 4 is 33.8 Å². The molecular formula is C12H10OS. The van der Waals surface area contributed by atoms with Gasteiger partial charge in [0, 0.05) is 11.1 Å². The lowest BCUT2D eigenvalue weighted by Crippen LogP contribution is -1.71. The van der Waals surface area contributed by atoms with Gasteiger partial charge in [-0.05, 0) is 28.5 Å². The number of benzene rings is 1. The van der Waals surface area contributed by atoms with Crippen LogP contribution in [-0.4, -0.2) is 6.29 Å². The summed E-state index contributed by atoms with van der Waals surface area (Å²) in [7, 11) is 0. The van der Waals surface area contributed by atoms with Crippen molar-refractivity contribution in [1.82, 2.24) is 0 Å². The largest absolute Gasteiger partial charge is 0.303 e. The zero-order chi connectivity index (χ0) is 9.80. The van der Waals surface area contributed by atoms with Gasteiger partial charge in [-0.15, -0.1) is 11.3 Å². The number of fused-ring (bicyclic) bond motifs is 1. The van der Waals surface area contributed by atoms with Crippen molar-refractivity contribution in [1.29, 1.82) is 0 Å². The first kappa shape index (κ1) is 9.16. The van der Waals surface area contributed by atoms with Gasteiger partial charge < -0.3 is 4.79 Å². The summed E-state index contributed by atoms with van der Waals surface area (Å²) < 4.78 is 1.29. The van der Waals surface area contributed by atoms with E-state index in [1.54, 1.807) is 11.3 Å². The molecule has 0 amide bonds. The lowest BCUT2D eigenvalue weighted by Gasteiger charge is -1.93. The molecule has 1 aromatic heterocycles. The van der Waals surface area contributed by atoms with Crippen molar-refractivity contribution in [3.63, 3.8) is 0 Å². The number of rotatable bonds is 3. The van der Waals surface area contributed by atoms with Gasteiger partial charge in [-0.2, -0.15) is 0 Å². The zero-order valence-electron chi connectivity index (χ0n) is 7.64.